The van der Waals surface area contributed by atoms with Crippen LogP contribution in [0.1, 0.15) is 51.1 Å². The number of urea groups is 1. The van der Waals surface area contributed by atoms with Gasteiger partial charge in [0.05, 0.1) is 19.3 Å². The highest BCUT2D eigenvalue weighted by atomic mass is 32.2. The summed E-state index contributed by atoms with van der Waals surface area (Å²) in [5.41, 5.74) is 2.29. The second kappa shape index (κ2) is 11.6. The van der Waals surface area contributed by atoms with Crippen LogP contribution < -0.4 is 15.0 Å². The molecule has 3 aromatic rings. The summed E-state index contributed by atoms with van der Waals surface area (Å²) in [7, 11) is -1.20. The zero-order valence-corrected chi connectivity index (χ0v) is 23.8. The molecule has 1 N–H and O–H groups in total. The lowest BCUT2D eigenvalue weighted by Gasteiger charge is -2.34. The van der Waals surface area contributed by atoms with E-state index in [4.69, 9.17) is 4.74 Å². The van der Waals surface area contributed by atoms with E-state index in [9.17, 15) is 22.8 Å². The van der Waals surface area contributed by atoms with Crippen LogP contribution in [0.2, 0.25) is 0 Å². The number of hydrogen-bond donors (Lipinski definition) is 1. The van der Waals surface area contributed by atoms with Crippen LogP contribution in [0, 0.1) is 0 Å². The fraction of sp³-hybridized carbons (Fsp3) is 0.300. The molecule has 2 aliphatic rings. The number of nitrogens with zero attached hydrogens (tertiary/aromatic N) is 3. The first-order valence-corrected chi connectivity index (χ1v) is 14.9. The predicted octanol–water partition coefficient (Wildman–Crippen LogP) is 4.01. The maximum atomic E-state index is 13.6. The molecule has 1 fully saturated rings. The van der Waals surface area contributed by atoms with Gasteiger partial charge in [0.15, 0.2) is 0 Å². The highest BCUT2D eigenvalue weighted by Gasteiger charge is 2.40. The molecule has 0 radical (unpaired) electrons. The van der Waals surface area contributed by atoms with Crippen molar-refractivity contribution in [2.45, 2.75) is 37.2 Å². The first-order chi connectivity index (χ1) is 19.7. The molecule has 0 aromatic heterocycles. The normalized spacial score (nSPS) is 16.2. The van der Waals surface area contributed by atoms with Crippen LogP contribution in [-0.4, -0.2) is 62.7 Å². The number of carbonyl (C=O) groups is 3. The molecule has 4 amide bonds. The second-order valence-electron chi connectivity index (χ2n) is 10.1. The van der Waals surface area contributed by atoms with E-state index < -0.39 is 22.0 Å². The van der Waals surface area contributed by atoms with E-state index in [-0.39, 0.29) is 35.1 Å². The number of nitrogens with one attached hydrogen (secondary N) is 1. The van der Waals surface area contributed by atoms with Crippen LogP contribution in [0.5, 0.6) is 5.75 Å². The standard InChI is InChI=1S/C30H32N4O6S/c1-32-26-15-12-24(28(35)31-19-21-8-13-25(40-2)14-9-21)18-27(26)41(38,39)34(30(32)37)20-22-6-10-23(11-7-22)29(36)33-16-4-3-5-17-33/h6-15,18H,3-5,16-17,19-20H2,1-2H3,(H,31,35). The van der Waals surface area contributed by atoms with Crippen molar-refractivity contribution in [3.63, 3.8) is 0 Å². The van der Waals surface area contributed by atoms with Crippen molar-refractivity contribution >= 4 is 33.6 Å². The van der Waals surface area contributed by atoms with Crippen LogP contribution in [0.4, 0.5) is 10.5 Å². The number of rotatable bonds is 7. The van der Waals surface area contributed by atoms with E-state index in [1.54, 1.807) is 43.5 Å². The number of sulfonamides is 1. The van der Waals surface area contributed by atoms with Crippen LogP contribution in [0.25, 0.3) is 0 Å². The molecule has 5 rings (SSSR count). The Morgan fingerprint density at radius 1 is 0.878 bits per heavy atom. The molecule has 0 atom stereocenters. The van der Waals surface area contributed by atoms with Crippen molar-refractivity contribution in [1.29, 1.82) is 0 Å². The van der Waals surface area contributed by atoms with Crippen LogP contribution in [-0.2, 0) is 23.1 Å². The van der Waals surface area contributed by atoms with Crippen molar-refractivity contribution in [1.82, 2.24) is 14.5 Å². The third kappa shape index (κ3) is 5.76. The lowest BCUT2D eigenvalue weighted by Crippen LogP contribution is -2.48. The summed E-state index contributed by atoms with van der Waals surface area (Å²) in [6.07, 6.45) is 3.09. The molecular weight excluding hydrogens is 544 g/mol. The van der Waals surface area contributed by atoms with Gasteiger partial charge in [0, 0.05) is 37.8 Å². The van der Waals surface area contributed by atoms with Crippen LogP contribution in [0.15, 0.2) is 71.6 Å². The van der Waals surface area contributed by atoms with Gasteiger partial charge in [-0.2, -0.15) is 0 Å². The summed E-state index contributed by atoms with van der Waals surface area (Å²) >= 11 is 0. The molecule has 2 heterocycles. The summed E-state index contributed by atoms with van der Waals surface area (Å²) in [5.74, 6) is 0.202. The number of amides is 4. The first-order valence-electron chi connectivity index (χ1n) is 13.4. The van der Waals surface area contributed by atoms with Crippen molar-refractivity contribution in [3.05, 3.63) is 89.0 Å². The molecule has 0 unspecified atom stereocenters. The fourth-order valence-corrected chi connectivity index (χ4v) is 6.64. The molecular formula is C30H32N4O6S. The number of ether oxygens (including phenoxy) is 1. The molecule has 10 nitrogen and oxygen atoms in total. The average Bonchev–Trinajstić information content (AvgIpc) is 3.01. The number of carbonyl (C=O) groups excluding carboxylic acids is 3. The Morgan fingerprint density at radius 3 is 2.17 bits per heavy atom. The van der Waals surface area contributed by atoms with Gasteiger partial charge in [-0.15, -0.1) is 0 Å². The Kier molecular flexibility index (Phi) is 7.98. The van der Waals surface area contributed by atoms with Gasteiger partial charge >= 0.3 is 6.03 Å². The SMILES string of the molecule is COc1ccc(CNC(=O)c2ccc3c(c2)S(=O)(=O)N(Cc2ccc(C(=O)N4CCCCC4)cc2)C(=O)N3C)cc1. The highest BCUT2D eigenvalue weighted by Crippen LogP contribution is 2.35. The van der Waals surface area contributed by atoms with Gasteiger partial charge in [0.1, 0.15) is 10.6 Å². The number of benzene rings is 3. The maximum absolute atomic E-state index is 13.6. The minimum absolute atomic E-state index is 0.0515. The van der Waals surface area contributed by atoms with Gasteiger partial charge in [0.25, 0.3) is 21.8 Å². The van der Waals surface area contributed by atoms with Gasteiger partial charge < -0.3 is 15.0 Å². The van der Waals surface area contributed by atoms with E-state index in [1.165, 1.54) is 30.1 Å². The molecule has 3 aromatic carbocycles. The van der Waals surface area contributed by atoms with Crippen molar-refractivity contribution in [2.75, 3.05) is 32.1 Å². The molecule has 0 saturated carbocycles. The Labute approximate surface area is 239 Å². The van der Waals surface area contributed by atoms with Gasteiger partial charge in [0.2, 0.25) is 0 Å². The van der Waals surface area contributed by atoms with E-state index >= 15 is 0 Å². The van der Waals surface area contributed by atoms with Crippen LogP contribution >= 0.6 is 0 Å². The number of piperidine rings is 1. The van der Waals surface area contributed by atoms with Crippen molar-refractivity contribution in [2.24, 2.45) is 0 Å². The third-order valence-electron chi connectivity index (χ3n) is 7.43. The smallest absolute Gasteiger partial charge is 0.338 e. The average molecular weight is 577 g/mol. The van der Waals surface area contributed by atoms with E-state index in [0.29, 0.717) is 16.9 Å². The monoisotopic (exact) mass is 576 g/mol. The van der Waals surface area contributed by atoms with Gasteiger partial charge in [-0.05, 0) is 72.9 Å². The van der Waals surface area contributed by atoms with E-state index in [2.05, 4.69) is 5.32 Å². The number of hydrogen-bond acceptors (Lipinski definition) is 6. The molecule has 0 aliphatic carbocycles. The molecule has 11 heteroatoms. The zero-order chi connectivity index (χ0) is 29.1. The lowest BCUT2D eigenvalue weighted by atomic mass is 10.1. The first kappa shape index (κ1) is 28.2. The third-order valence-corrected chi connectivity index (χ3v) is 9.18. The van der Waals surface area contributed by atoms with Gasteiger partial charge in [-0.1, -0.05) is 24.3 Å². The molecule has 2 aliphatic heterocycles. The molecule has 1 saturated heterocycles. The summed E-state index contributed by atoms with van der Waals surface area (Å²) < 4.78 is 33.2. The topological polar surface area (TPSA) is 116 Å². The summed E-state index contributed by atoms with van der Waals surface area (Å²) in [6.45, 7) is 1.49. The minimum Gasteiger partial charge on any atom is -0.497 e. The van der Waals surface area contributed by atoms with Gasteiger partial charge in [-0.25, -0.2) is 17.5 Å². The van der Waals surface area contributed by atoms with Gasteiger partial charge in [-0.3, -0.25) is 14.5 Å². The summed E-state index contributed by atoms with van der Waals surface area (Å²) in [5, 5.41) is 2.80. The highest BCUT2D eigenvalue weighted by molar-refractivity contribution is 7.90. The quantitative estimate of drug-likeness (QED) is 0.454. The molecule has 0 bridgehead atoms. The Hall–Kier alpha value is -4.38. The van der Waals surface area contributed by atoms with E-state index in [1.807, 2.05) is 17.0 Å². The molecule has 0 spiro atoms. The predicted molar refractivity (Wildman–Crippen MR) is 153 cm³/mol. The Bertz CT molecular complexity index is 1570. The number of fused-ring (bicyclic) bond motifs is 1. The fourth-order valence-electron chi connectivity index (χ4n) is 5.01. The summed E-state index contributed by atoms with van der Waals surface area (Å²) in [6, 6.07) is 17.4. The number of anilines is 1. The van der Waals surface area contributed by atoms with E-state index in [0.717, 1.165) is 42.2 Å². The zero-order valence-electron chi connectivity index (χ0n) is 23.0. The van der Waals surface area contributed by atoms with Crippen molar-refractivity contribution < 1.29 is 27.5 Å². The van der Waals surface area contributed by atoms with Crippen molar-refractivity contribution in [3.8, 4) is 5.75 Å². The lowest BCUT2D eigenvalue weighted by molar-refractivity contribution is 0.0724. The second-order valence-corrected chi connectivity index (χ2v) is 11.9. The number of methoxy groups -OCH3 is 1. The molecule has 214 valence electrons. The van der Waals surface area contributed by atoms with Crippen LogP contribution in [0.3, 0.4) is 0 Å². The summed E-state index contributed by atoms with van der Waals surface area (Å²) in [4.78, 5) is 41.8. The molecule has 41 heavy (non-hydrogen) atoms. The largest absolute Gasteiger partial charge is 0.497 e. The Morgan fingerprint density at radius 2 is 1.51 bits per heavy atom. The Balaban J connectivity index is 1.33. The maximum Gasteiger partial charge on any atom is 0.338 e. The number of likely N-dealkylation sites (tertiary alicyclic amines) is 1. The minimum atomic E-state index is -4.26.